The zero-order chi connectivity index (χ0) is 15.4. The van der Waals surface area contributed by atoms with Gasteiger partial charge in [-0.2, -0.15) is 0 Å². The predicted molar refractivity (Wildman–Crippen MR) is 78.7 cm³/mol. The third-order valence-electron chi connectivity index (χ3n) is 2.70. The van der Waals surface area contributed by atoms with Crippen LogP contribution in [-0.2, 0) is 11.3 Å². The quantitative estimate of drug-likeness (QED) is 0.478. The summed E-state index contributed by atoms with van der Waals surface area (Å²) in [4.78, 5) is 22.3. The lowest BCUT2D eigenvalue weighted by molar-refractivity contribution is -0.385. The van der Waals surface area contributed by atoms with E-state index in [1.165, 1.54) is 30.3 Å². The fourth-order valence-corrected chi connectivity index (χ4v) is 2.05. The van der Waals surface area contributed by atoms with Crippen molar-refractivity contribution in [1.29, 1.82) is 0 Å². The second-order valence-electron chi connectivity index (χ2n) is 4.09. The first-order valence-electron chi connectivity index (χ1n) is 5.83. The lowest BCUT2D eigenvalue weighted by atomic mass is 10.2. The molecule has 0 aliphatic carbocycles. The summed E-state index contributed by atoms with van der Waals surface area (Å²) in [5.74, 6) is -0.694. The molecule has 0 saturated heterocycles. The monoisotopic (exact) mass is 325 g/mol. The van der Waals surface area contributed by atoms with Crippen molar-refractivity contribution in [3.05, 3.63) is 73.8 Å². The molecule has 0 fully saturated rings. The Hall–Kier alpha value is -2.11. The lowest BCUT2D eigenvalue weighted by Gasteiger charge is -2.07. The number of carbonyl (C=O) groups excluding carboxylic acids is 1. The minimum Gasteiger partial charge on any atom is -0.457 e. The van der Waals surface area contributed by atoms with Gasteiger partial charge in [0.25, 0.3) is 5.69 Å². The number of halogens is 2. The molecule has 0 N–H and O–H groups in total. The van der Waals surface area contributed by atoms with Crippen LogP contribution in [0.4, 0.5) is 5.69 Å². The molecule has 0 amide bonds. The number of ether oxygens (including phenoxy) is 1. The molecule has 2 rings (SSSR count). The average Bonchev–Trinajstić information content (AvgIpc) is 2.47. The van der Waals surface area contributed by atoms with Gasteiger partial charge in [0.1, 0.15) is 6.61 Å². The average molecular weight is 326 g/mol. The van der Waals surface area contributed by atoms with Crippen LogP contribution < -0.4 is 0 Å². The summed E-state index contributed by atoms with van der Waals surface area (Å²) < 4.78 is 5.05. The number of carbonyl (C=O) groups is 1. The van der Waals surface area contributed by atoms with E-state index >= 15 is 0 Å². The first kappa shape index (κ1) is 15.3. The van der Waals surface area contributed by atoms with E-state index in [0.29, 0.717) is 10.6 Å². The van der Waals surface area contributed by atoms with E-state index in [0.717, 1.165) is 0 Å². The van der Waals surface area contributed by atoms with Gasteiger partial charge in [0.2, 0.25) is 0 Å². The van der Waals surface area contributed by atoms with Gasteiger partial charge in [-0.25, -0.2) is 4.79 Å². The number of nitro benzene ring substituents is 1. The Labute approximate surface area is 130 Å². The van der Waals surface area contributed by atoms with Gasteiger partial charge in [-0.3, -0.25) is 10.1 Å². The minimum atomic E-state index is -0.694. The summed E-state index contributed by atoms with van der Waals surface area (Å²) in [5, 5.41) is 11.4. The number of esters is 1. The first-order valence-corrected chi connectivity index (χ1v) is 6.59. The Balaban J connectivity index is 2.15. The van der Waals surface area contributed by atoms with Crippen LogP contribution in [0.25, 0.3) is 0 Å². The molecule has 21 heavy (non-hydrogen) atoms. The molecule has 0 unspecified atom stereocenters. The molecule has 2 aromatic carbocycles. The largest absolute Gasteiger partial charge is 0.457 e. The number of rotatable bonds is 4. The molecule has 2 aromatic rings. The van der Waals surface area contributed by atoms with Crippen LogP contribution in [0.1, 0.15) is 15.9 Å². The number of benzene rings is 2. The Bertz CT molecular complexity index is 703. The molecule has 0 spiro atoms. The van der Waals surface area contributed by atoms with Crippen molar-refractivity contribution in [1.82, 2.24) is 0 Å². The van der Waals surface area contributed by atoms with Gasteiger partial charge in [-0.1, -0.05) is 35.3 Å². The van der Waals surface area contributed by atoms with Crippen molar-refractivity contribution in [2.45, 2.75) is 6.61 Å². The van der Waals surface area contributed by atoms with Gasteiger partial charge >= 0.3 is 5.97 Å². The Kier molecular flexibility index (Phi) is 4.77. The fourth-order valence-electron chi connectivity index (χ4n) is 1.69. The molecule has 0 aromatic heterocycles. The van der Waals surface area contributed by atoms with Crippen LogP contribution in [0, 0.1) is 10.1 Å². The van der Waals surface area contributed by atoms with Crippen molar-refractivity contribution in [3.8, 4) is 0 Å². The minimum absolute atomic E-state index is 0.109. The summed E-state index contributed by atoms with van der Waals surface area (Å²) in [6, 6.07) is 10.4. The second kappa shape index (κ2) is 6.56. The molecule has 0 heterocycles. The topological polar surface area (TPSA) is 69.4 Å². The molecule has 108 valence electrons. The SMILES string of the molecule is O=C(OCc1ccccc1[N+](=O)[O-])c1cc(Cl)ccc1Cl. The van der Waals surface area contributed by atoms with Crippen LogP contribution in [-0.4, -0.2) is 10.9 Å². The number of hydrogen-bond donors (Lipinski definition) is 0. The van der Waals surface area contributed by atoms with E-state index in [1.807, 2.05) is 0 Å². The number of hydrogen-bond acceptors (Lipinski definition) is 4. The van der Waals surface area contributed by atoms with E-state index in [2.05, 4.69) is 0 Å². The predicted octanol–water partition coefficient (Wildman–Crippen LogP) is 4.26. The van der Waals surface area contributed by atoms with Crippen LogP contribution >= 0.6 is 23.2 Å². The van der Waals surface area contributed by atoms with Gasteiger partial charge in [0.05, 0.1) is 21.1 Å². The second-order valence-corrected chi connectivity index (χ2v) is 4.93. The summed E-state index contributed by atoms with van der Waals surface area (Å²) in [7, 11) is 0. The highest BCUT2D eigenvalue weighted by Gasteiger charge is 2.16. The number of para-hydroxylation sites is 1. The highest BCUT2D eigenvalue weighted by Crippen LogP contribution is 2.23. The molecule has 0 atom stereocenters. The van der Waals surface area contributed by atoms with Gasteiger partial charge in [-0.05, 0) is 24.3 Å². The van der Waals surface area contributed by atoms with E-state index in [4.69, 9.17) is 27.9 Å². The molecule has 7 heteroatoms. The van der Waals surface area contributed by atoms with Gasteiger partial charge < -0.3 is 4.74 Å². The maximum absolute atomic E-state index is 11.9. The maximum atomic E-state index is 11.9. The molecule has 0 bridgehead atoms. The zero-order valence-electron chi connectivity index (χ0n) is 10.6. The summed E-state index contributed by atoms with van der Waals surface area (Å²) in [6.07, 6.45) is 0. The van der Waals surface area contributed by atoms with Crippen molar-refractivity contribution in [3.63, 3.8) is 0 Å². The lowest BCUT2D eigenvalue weighted by Crippen LogP contribution is -2.07. The maximum Gasteiger partial charge on any atom is 0.340 e. The van der Waals surface area contributed by atoms with Crippen molar-refractivity contribution in [2.24, 2.45) is 0 Å². The van der Waals surface area contributed by atoms with Crippen molar-refractivity contribution < 1.29 is 14.5 Å². The molecule has 0 aliphatic heterocycles. The van der Waals surface area contributed by atoms with Crippen LogP contribution in [0.15, 0.2) is 42.5 Å². The number of nitro groups is 1. The van der Waals surface area contributed by atoms with Gasteiger partial charge in [-0.15, -0.1) is 0 Å². The van der Waals surface area contributed by atoms with Crippen LogP contribution in [0.5, 0.6) is 0 Å². The number of nitrogens with zero attached hydrogens (tertiary/aromatic N) is 1. The van der Waals surface area contributed by atoms with E-state index < -0.39 is 10.9 Å². The van der Waals surface area contributed by atoms with Gasteiger partial charge in [0, 0.05) is 11.1 Å². The Morgan fingerprint density at radius 3 is 2.62 bits per heavy atom. The highest BCUT2D eigenvalue weighted by molar-refractivity contribution is 6.35. The normalized spacial score (nSPS) is 10.2. The molecular weight excluding hydrogens is 317 g/mol. The molecular formula is C14H9Cl2NO4. The summed E-state index contributed by atoms with van der Waals surface area (Å²) in [5.41, 5.74) is 0.305. The smallest absolute Gasteiger partial charge is 0.340 e. The van der Waals surface area contributed by atoms with Gasteiger partial charge in [0.15, 0.2) is 0 Å². The van der Waals surface area contributed by atoms with Crippen LogP contribution in [0.2, 0.25) is 10.0 Å². The van der Waals surface area contributed by atoms with E-state index in [1.54, 1.807) is 12.1 Å². The highest BCUT2D eigenvalue weighted by atomic mass is 35.5. The summed E-state index contributed by atoms with van der Waals surface area (Å²) in [6.45, 7) is -0.223. The van der Waals surface area contributed by atoms with E-state index in [-0.39, 0.29) is 22.9 Å². The zero-order valence-corrected chi connectivity index (χ0v) is 12.1. The standard InChI is InChI=1S/C14H9Cl2NO4/c15-10-5-6-12(16)11(7-10)14(18)21-8-9-3-1-2-4-13(9)17(19)20/h1-7H,8H2. The molecule has 5 nitrogen and oxygen atoms in total. The Morgan fingerprint density at radius 2 is 1.90 bits per heavy atom. The third kappa shape index (κ3) is 3.71. The van der Waals surface area contributed by atoms with E-state index in [9.17, 15) is 14.9 Å². The molecule has 0 saturated carbocycles. The van der Waals surface area contributed by atoms with Crippen LogP contribution in [0.3, 0.4) is 0 Å². The molecule has 0 aliphatic rings. The van der Waals surface area contributed by atoms with Crippen molar-refractivity contribution >= 4 is 34.9 Å². The van der Waals surface area contributed by atoms with Crippen molar-refractivity contribution in [2.75, 3.05) is 0 Å². The molecule has 0 radical (unpaired) electrons. The summed E-state index contributed by atoms with van der Waals surface area (Å²) >= 11 is 11.7. The Morgan fingerprint density at radius 1 is 1.19 bits per heavy atom. The fraction of sp³-hybridized carbons (Fsp3) is 0.0714. The first-order chi connectivity index (χ1) is 9.99. The third-order valence-corrected chi connectivity index (χ3v) is 3.26.